The summed E-state index contributed by atoms with van der Waals surface area (Å²) in [6.07, 6.45) is 3.05. The average Bonchev–Trinajstić information content (AvgIpc) is 3.02. The topological polar surface area (TPSA) is 85.5 Å². The summed E-state index contributed by atoms with van der Waals surface area (Å²) in [5, 5.41) is 8.10. The number of fused-ring (bicyclic) bond motifs is 2. The number of aryl methyl sites for hydroxylation is 2. The summed E-state index contributed by atoms with van der Waals surface area (Å²) in [6.45, 7) is 5.24. The number of benzene rings is 1. The van der Waals surface area contributed by atoms with Gasteiger partial charge in [-0.1, -0.05) is 6.07 Å². The molecule has 0 saturated heterocycles. The van der Waals surface area contributed by atoms with Gasteiger partial charge in [-0.15, -0.1) is 0 Å². The van der Waals surface area contributed by atoms with Crippen LogP contribution in [0.4, 0.5) is 30.5 Å². The van der Waals surface area contributed by atoms with E-state index in [9.17, 15) is 18.0 Å². The van der Waals surface area contributed by atoms with Crippen molar-refractivity contribution < 1.29 is 32.4 Å². The minimum Gasteiger partial charge on any atom is -0.771 e. The number of hydrogen-bond donors (Lipinski definition) is 0. The van der Waals surface area contributed by atoms with E-state index in [1.54, 1.807) is 18.1 Å². The van der Waals surface area contributed by atoms with Gasteiger partial charge in [0.25, 0.3) is 5.91 Å². The Morgan fingerprint density at radius 3 is 2.39 bits per heavy atom. The zero-order chi connectivity index (χ0) is 29.7. The van der Waals surface area contributed by atoms with Gasteiger partial charge in [0, 0.05) is 44.5 Å². The number of carbonyl (C=O) groups is 1. The number of pyridine rings is 3. The van der Waals surface area contributed by atoms with Crippen LogP contribution in [0.3, 0.4) is 0 Å². The Labute approximate surface area is 236 Å². The smallest absolute Gasteiger partial charge is 0.331 e. The molecular weight excluding hydrogens is 535 g/mol. The van der Waals surface area contributed by atoms with Crippen LogP contribution in [0.1, 0.15) is 28.4 Å². The molecule has 0 aliphatic carbocycles. The standard InChI is InChI=1S/C29H30N5O2.CF3O/c1-5-34-27-24(29(35)33(4)25-7-6-13-30-28(25)34)18-21(19-31-27)12-16-36-26-9-8-23(17-20(26)2)22-10-14-32(3)15-11-22;2-1(3,4)5/h6-11,13-15,17-19H,5,12,16H2,1-4H3;/q+1;-1. The second kappa shape index (κ2) is 12.3. The molecule has 3 aromatic heterocycles. The Bertz CT molecular complexity index is 1520. The molecule has 4 heterocycles. The maximum atomic E-state index is 13.3. The minimum absolute atomic E-state index is 0.0913. The number of aromatic nitrogens is 3. The first-order valence-electron chi connectivity index (χ1n) is 12.9. The molecule has 214 valence electrons. The summed E-state index contributed by atoms with van der Waals surface area (Å²) in [5.41, 5.74) is 5.72. The monoisotopic (exact) mass is 565 g/mol. The molecule has 1 aromatic carbocycles. The van der Waals surface area contributed by atoms with E-state index in [4.69, 9.17) is 14.8 Å². The number of rotatable bonds is 6. The lowest BCUT2D eigenvalue weighted by Gasteiger charge is -2.22. The summed E-state index contributed by atoms with van der Waals surface area (Å²) in [4.78, 5) is 26.2. The van der Waals surface area contributed by atoms with Gasteiger partial charge in [-0.2, -0.15) is 13.2 Å². The molecule has 41 heavy (non-hydrogen) atoms. The van der Waals surface area contributed by atoms with Gasteiger partial charge in [0.05, 0.1) is 17.9 Å². The Hall–Kier alpha value is -4.51. The molecule has 0 saturated carbocycles. The van der Waals surface area contributed by atoms with E-state index < -0.39 is 6.36 Å². The highest BCUT2D eigenvalue weighted by molar-refractivity contribution is 6.12. The predicted octanol–water partition coefficient (Wildman–Crippen LogP) is 4.51. The maximum absolute atomic E-state index is 13.3. The lowest BCUT2D eigenvalue weighted by molar-refractivity contribution is -0.671. The normalized spacial score (nSPS) is 12.6. The second-order valence-electron chi connectivity index (χ2n) is 9.45. The summed E-state index contributed by atoms with van der Waals surface area (Å²) in [7, 11) is 3.79. The van der Waals surface area contributed by atoms with Gasteiger partial charge < -0.3 is 19.6 Å². The highest BCUT2D eigenvalue weighted by Gasteiger charge is 2.30. The molecule has 0 spiro atoms. The number of hydrogen-bond acceptors (Lipinski definition) is 6. The van der Waals surface area contributed by atoms with E-state index in [0.717, 1.165) is 33.9 Å². The molecule has 0 radical (unpaired) electrons. The summed E-state index contributed by atoms with van der Waals surface area (Å²) in [6, 6.07) is 16.2. The SMILES string of the molecule is CCN1c2ncc(CCOc3ccc(-c4cc[n+](C)cc4)cc3C)cc2C(=O)N(C)c2cccnc21.[O-]C(F)(F)F. The number of halogens is 3. The molecule has 1 amide bonds. The van der Waals surface area contributed by atoms with E-state index >= 15 is 0 Å². The molecule has 1 aliphatic heterocycles. The Morgan fingerprint density at radius 1 is 1.02 bits per heavy atom. The largest absolute Gasteiger partial charge is 0.771 e. The molecule has 8 nitrogen and oxygen atoms in total. The first-order chi connectivity index (χ1) is 19.5. The van der Waals surface area contributed by atoms with Crippen LogP contribution in [0.15, 0.2) is 73.3 Å². The molecule has 1 aliphatic rings. The van der Waals surface area contributed by atoms with Crippen molar-refractivity contribution in [2.75, 3.05) is 30.0 Å². The third-order valence-electron chi connectivity index (χ3n) is 6.55. The molecule has 4 aromatic rings. The number of nitrogens with zero attached hydrogens (tertiary/aromatic N) is 5. The average molecular weight is 566 g/mol. The Balaban J connectivity index is 0.000000714. The van der Waals surface area contributed by atoms with Gasteiger partial charge in [0.1, 0.15) is 18.6 Å². The van der Waals surface area contributed by atoms with E-state index in [0.29, 0.717) is 31.0 Å². The van der Waals surface area contributed by atoms with Gasteiger partial charge in [-0.05, 0) is 66.4 Å². The molecule has 0 atom stereocenters. The zero-order valence-electron chi connectivity index (χ0n) is 23.1. The van der Waals surface area contributed by atoms with Crippen LogP contribution in [0, 0.1) is 6.92 Å². The van der Waals surface area contributed by atoms with Crippen LogP contribution in [-0.2, 0) is 13.5 Å². The Morgan fingerprint density at radius 2 is 1.73 bits per heavy atom. The van der Waals surface area contributed by atoms with Crippen LogP contribution in [0.5, 0.6) is 5.75 Å². The van der Waals surface area contributed by atoms with Crippen molar-refractivity contribution in [3.63, 3.8) is 0 Å². The quantitative estimate of drug-likeness (QED) is 0.320. The highest BCUT2D eigenvalue weighted by atomic mass is 19.4. The fourth-order valence-corrected chi connectivity index (χ4v) is 4.52. The van der Waals surface area contributed by atoms with Crippen molar-refractivity contribution >= 4 is 23.2 Å². The van der Waals surface area contributed by atoms with Gasteiger partial charge in [-0.3, -0.25) is 4.79 Å². The number of alkyl halides is 3. The van der Waals surface area contributed by atoms with Crippen LogP contribution >= 0.6 is 0 Å². The van der Waals surface area contributed by atoms with E-state index in [1.807, 2.05) is 66.3 Å². The number of carbonyl (C=O) groups excluding carboxylic acids is 1. The molecule has 5 rings (SSSR count). The highest BCUT2D eigenvalue weighted by Crippen LogP contribution is 2.37. The summed E-state index contributed by atoms with van der Waals surface area (Å²) >= 11 is 0. The van der Waals surface area contributed by atoms with Crippen LogP contribution in [-0.4, -0.2) is 42.4 Å². The van der Waals surface area contributed by atoms with Crippen molar-refractivity contribution in [2.45, 2.75) is 26.6 Å². The third-order valence-corrected chi connectivity index (χ3v) is 6.55. The van der Waals surface area contributed by atoms with Crippen molar-refractivity contribution in [1.29, 1.82) is 0 Å². The number of ether oxygens (including phenoxy) is 1. The lowest BCUT2D eigenvalue weighted by atomic mass is 10.0. The fourth-order valence-electron chi connectivity index (χ4n) is 4.52. The van der Waals surface area contributed by atoms with Gasteiger partial charge in [0.2, 0.25) is 0 Å². The fraction of sp³-hybridized carbons (Fsp3) is 0.267. The van der Waals surface area contributed by atoms with Crippen molar-refractivity contribution in [2.24, 2.45) is 7.05 Å². The maximum Gasteiger partial charge on any atom is 0.331 e. The first kappa shape index (κ1) is 29.5. The van der Waals surface area contributed by atoms with E-state index in [1.165, 1.54) is 5.56 Å². The molecule has 0 N–H and O–H groups in total. The number of anilines is 3. The minimum atomic E-state index is -5.25. The molecule has 11 heteroatoms. The van der Waals surface area contributed by atoms with Crippen LogP contribution in [0.2, 0.25) is 0 Å². The van der Waals surface area contributed by atoms with E-state index in [2.05, 4.69) is 36.2 Å². The first-order valence-corrected chi connectivity index (χ1v) is 12.9. The predicted molar refractivity (Wildman–Crippen MR) is 147 cm³/mol. The molecule has 0 fully saturated rings. The summed E-state index contributed by atoms with van der Waals surface area (Å²) in [5.74, 6) is 2.14. The van der Waals surface area contributed by atoms with Gasteiger partial charge in [0.15, 0.2) is 18.2 Å². The van der Waals surface area contributed by atoms with Gasteiger partial charge in [-0.25, -0.2) is 14.5 Å². The summed E-state index contributed by atoms with van der Waals surface area (Å²) < 4.78 is 37.5. The number of amides is 1. The lowest BCUT2D eigenvalue weighted by Crippen LogP contribution is -2.26. The zero-order valence-corrected chi connectivity index (χ0v) is 23.1. The third kappa shape index (κ3) is 7.17. The molecule has 0 unspecified atom stereocenters. The van der Waals surface area contributed by atoms with Crippen molar-refractivity contribution in [1.82, 2.24) is 9.97 Å². The van der Waals surface area contributed by atoms with Crippen molar-refractivity contribution in [3.05, 3.63) is 90.0 Å². The van der Waals surface area contributed by atoms with Crippen molar-refractivity contribution in [3.8, 4) is 16.9 Å². The molecular formula is C30H30F3N5O3. The molecule has 0 bridgehead atoms. The van der Waals surface area contributed by atoms with E-state index in [-0.39, 0.29) is 5.91 Å². The Kier molecular flexibility index (Phi) is 8.87. The van der Waals surface area contributed by atoms with Crippen LogP contribution < -0.4 is 24.2 Å². The second-order valence-corrected chi connectivity index (χ2v) is 9.45. The van der Waals surface area contributed by atoms with Gasteiger partial charge >= 0.3 is 6.36 Å². The van der Waals surface area contributed by atoms with Crippen LogP contribution in [0.25, 0.3) is 11.1 Å².